The van der Waals surface area contributed by atoms with E-state index >= 15 is 0 Å². The van der Waals surface area contributed by atoms with Crippen LogP contribution in [0.4, 0.5) is 0 Å². The van der Waals surface area contributed by atoms with Crippen molar-refractivity contribution < 1.29 is 19.3 Å². The molecule has 2 rings (SSSR count). The molecule has 0 spiro atoms. The first-order valence-electron chi connectivity index (χ1n) is 6.35. The van der Waals surface area contributed by atoms with Crippen molar-refractivity contribution in [2.24, 2.45) is 0 Å². The van der Waals surface area contributed by atoms with Gasteiger partial charge in [-0.1, -0.05) is 13.0 Å². The molecule has 1 N–H and O–H groups in total. The van der Waals surface area contributed by atoms with Gasteiger partial charge >= 0.3 is 0 Å². The Morgan fingerprint density at radius 3 is 2.78 bits per heavy atom. The maximum atomic E-state index is 9.65. The molecule has 1 fully saturated rings. The van der Waals surface area contributed by atoms with Crippen molar-refractivity contribution in [1.29, 1.82) is 0 Å². The molecular weight excluding hydrogens is 232 g/mol. The molecule has 4 nitrogen and oxygen atoms in total. The van der Waals surface area contributed by atoms with E-state index in [0.717, 1.165) is 17.9 Å². The fourth-order valence-electron chi connectivity index (χ4n) is 1.99. The first-order chi connectivity index (χ1) is 8.74. The predicted molar refractivity (Wildman–Crippen MR) is 68.1 cm³/mol. The lowest BCUT2D eigenvalue weighted by Crippen LogP contribution is -2.55. The maximum absolute atomic E-state index is 9.65. The van der Waals surface area contributed by atoms with Crippen LogP contribution in [0.5, 0.6) is 11.5 Å². The van der Waals surface area contributed by atoms with Crippen LogP contribution in [0.15, 0.2) is 24.3 Å². The molecule has 3 unspecified atom stereocenters. The second-order valence-electron chi connectivity index (χ2n) is 4.47. The largest absolute Gasteiger partial charge is 0.497 e. The molecule has 1 aromatic carbocycles. The third-order valence-corrected chi connectivity index (χ3v) is 3.06. The lowest BCUT2D eigenvalue weighted by atomic mass is 9.88. The molecule has 4 heteroatoms. The van der Waals surface area contributed by atoms with Crippen LogP contribution in [-0.4, -0.2) is 37.1 Å². The summed E-state index contributed by atoms with van der Waals surface area (Å²) in [5.74, 6) is 1.51. The second-order valence-corrected chi connectivity index (χ2v) is 4.47. The minimum atomic E-state index is -0.410. The van der Waals surface area contributed by atoms with Crippen LogP contribution in [0.1, 0.15) is 19.8 Å². The first kappa shape index (κ1) is 13.2. The standard InChI is InChI=1S/C14H20O4/c1-3-7-17-14-12(15)9-13(14)18-11-6-4-5-10(8-11)16-2/h4-6,8,12-15H,3,7,9H2,1-2H3. The molecule has 0 aliphatic heterocycles. The van der Waals surface area contributed by atoms with E-state index in [9.17, 15) is 5.11 Å². The van der Waals surface area contributed by atoms with Gasteiger partial charge in [-0.05, 0) is 18.6 Å². The number of hydrogen-bond donors (Lipinski definition) is 1. The van der Waals surface area contributed by atoms with Crippen molar-refractivity contribution in [2.75, 3.05) is 13.7 Å². The molecule has 3 atom stereocenters. The van der Waals surface area contributed by atoms with Crippen molar-refractivity contribution >= 4 is 0 Å². The smallest absolute Gasteiger partial charge is 0.130 e. The van der Waals surface area contributed by atoms with Gasteiger partial charge in [-0.3, -0.25) is 0 Å². The predicted octanol–water partition coefficient (Wildman–Crippen LogP) is 2.00. The number of aliphatic hydroxyl groups is 1. The average Bonchev–Trinajstić information content (AvgIpc) is 2.39. The average molecular weight is 252 g/mol. The van der Waals surface area contributed by atoms with Crippen molar-refractivity contribution in [3.8, 4) is 11.5 Å². The first-order valence-corrected chi connectivity index (χ1v) is 6.35. The summed E-state index contributed by atoms with van der Waals surface area (Å²) in [6, 6.07) is 7.46. The fraction of sp³-hybridized carbons (Fsp3) is 0.571. The van der Waals surface area contributed by atoms with Crippen LogP contribution in [0.3, 0.4) is 0 Å². The Labute approximate surface area is 107 Å². The third-order valence-electron chi connectivity index (χ3n) is 3.06. The Balaban J connectivity index is 1.92. The molecule has 0 radical (unpaired) electrons. The fourth-order valence-corrected chi connectivity index (χ4v) is 1.99. The van der Waals surface area contributed by atoms with E-state index in [1.54, 1.807) is 7.11 Å². The van der Waals surface area contributed by atoms with Crippen LogP contribution in [-0.2, 0) is 4.74 Å². The van der Waals surface area contributed by atoms with Gasteiger partial charge in [-0.2, -0.15) is 0 Å². The van der Waals surface area contributed by atoms with Gasteiger partial charge in [0.25, 0.3) is 0 Å². The Morgan fingerprint density at radius 2 is 2.11 bits per heavy atom. The summed E-state index contributed by atoms with van der Waals surface area (Å²) in [5, 5.41) is 9.65. The molecule has 0 amide bonds. The van der Waals surface area contributed by atoms with Gasteiger partial charge in [0.1, 0.15) is 23.7 Å². The highest BCUT2D eigenvalue weighted by atomic mass is 16.6. The van der Waals surface area contributed by atoms with Gasteiger partial charge < -0.3 is 19.3 Å². The topological polar surface area (TPSA) is 47.9 Å². The maximum Gasteiger partial charge on any atom is 0.130 e. The summed E-state index contributed by atoms with van der Waals surface area (Å²) >= 11 is 0. The summed E-state index contributed by atoms with van der Waals surface area (Å²) in [4.78, 5) is 0. The summed E-state index contributed by atoms with van der Waals surface area (Å²) in [7, 11) is 1.62. The minimum absolute atomic E-state index is 0.0707. The van der Waals surface area contributed by atoms with E-state index in [0.29, 0.717) is 13.0 Å². The van der Waals surface area contributed by atoms with Crippen LogP contribution < -0.4 is 9.47 Å². The van der Waals surface area contributed by atoms with Gasteiger partial charge in [-0.15, -0.1) is 0 Å². The zero-order chi connectivity index (χ0) is 13.0. The quantitative estimate of drug-likeness (QED) is 0.841. The number of aliphatic hydroxyl groups excluding tert-OH is 1. The van der Waals surface area contributed by atoms with E-state index in [1.807, 2.05) is 31.2 Å². The van der Waals surface area contributed by atoms with Gasteiger partial charge in [0.2, 0.25) is 0 Å². The molecule has 18 heavy (non-hydrogen) atoms. The summed E-state index contributed by atoms with van der Waals surface area (Å²) < 4.78 is 16.5. The van der Waals surface area contributed by atoms with E-state index in [4.69, 9.17) is 14.2 Å². The lowest BCUT2D eigenvalue weighted by molar-refractivity contribution is -0.162. The molecule has 0 bridgehead atoms. The zero-order valence-corrected chi connectivity index (χ0v) is 10.8. The van der Waals surface area contributed by atoms with Crippen molar-refractivity contribution in [3.63, 3.8) is 0 Å². The number of rotatable bonds is 6. The van der Waals surface area contributed by atoms with Crippen LogP contribution in [0.2, 0.25) is 0 Å². The molecule has 100 valence electrons. The van der Waals surface area contributed by atoms with Crippen molar-refractivity contribution in [3.05, 3.63) is 24.3 Å². The van der Waals surface area contributed by atoms with E-state index in [2.05, 4.69) is 0 Å². The highest BCUT2D eigenvalue weighted by molar-refractivity contribution is 5.33. The monoisotopic (exact) mass is 252 g/mol. The van der Waals surface area contributed by atoms with E-state index in [1.165, 1.54) is 0 Å². The summed E-state index contributed by atoms with van der Waals surface area (Å²) in [5.41, 5.74) is 0. The third kappa shape index (κ3) is 2.94. The normalized spacial score (nSPS) is 26.5. The molecule has 0 aromatic heterocycles. The Morgan fingerprint density at radius 1 is 1.33 bits per heavy atom. The van der Waals surface area contributed by atoms with E-state index in [-0.39, 0.29) is 12.2 Å². The SMILES string of the molecule is CCCOC1C(O)CC1Oc1cccc(OC)c1. The van der Waals surface area contributed by atoms with E-state index < -0.39 is 6.10 Å². The van der Waals surface area contributed by atoms with Crippen molar-refractivity contribution in [2.45, 2.75) is 38.1 Å². The highest BCUT2D eigenvalue weighted by Gasteiger charge is 2.42. The molecule has 1 aromatic rings. The second kappa shape index (κ2) is 6.07. The molecule has 0 heterocycles. The van der Waals surface area contributed by atoms with Gasteiger partial charge in [0.15, 0.2) is 0 Å². The number of benzene rings is 1. The van der Waals surface area contributed by atoms with Gasteiger partial charge in [0.05, 0.1) is 13.2 Å². The van der Waals surface area contributed by atoms with Crippen molar-refractivity contribution in [1.82, 2.24) is 0 Å². The number of hydrogen-bond acceptors (Lipinski definition) is 4. The Kier molecular flexibility index (Phi) is 4.44. The number of methoxy groups -OCH3 is 1. The summed E-state index contributed by atoms with van der Waals surface area (Å²) in [6.45, 7) is 2.70. The van der Waals surface area contributed by atoms with Crippen LogP contribution in [0, 0.1) is 0 Å². The lowest BCUT2D eigenvalue weighted by Gasteiger charge is -2.40. The molecule has 1 saturated carbocycles. The van der Waals surface area contributed by atoms with Gasteiger partial charge in [-0.25, -0.2) is 0 Å². The highest BCUT2D eigenvalue weighted by Crippen LogP contribution is 2.30. The summed E-state index contributed by atoms with van der Waals surface area (Å²) in [6.07, 6.45) is 0.864. The van der Waals surface area contributed by atoms with Gasteiger partial charge in [0, 0.05) is 19.1 Å². The Hall–Kier alpha value is -1.26. The molecule has 1 aliphatic carbocycles. The molecule has 0 saturated heterocycles. The Bertz CT molecular complexity index is 380. The molecular formula is C14H20O4. The minimum Gasteiger partial charge on any atom is -0.497 e. The van der Waals surface area contributed by atoms with Crippen LogP contribution >= 0.6 is 0 Å². The number of ether oxygens (including phenoxy) is 3. The van der Waals surface area contributed by atoms with Crippen LogP contribution in [0.25, 0.3) is 0 Å². The molecule has 1 aliphatic rings. The zero-order valence-electron chi connectivity index (χ0n) is 10.8.